The molecule has 29 heavy (non-hydrogen) atoms. The number of pyridine rings is 1. The maximum absolute atomic E-state index is 4.74. The molecule has 1 fully saturated rings. The van der Waals surface area contributed by atoms with E-state index in [0.29, 0.717) is 6.54 Å². The van der Waals surface area contributed by atoms with Gasteiger partial charge in [-0.15, -0.1) is 24.0 Å². The Morgan fingerprint density at radius 3 is 2.48 bits per heavy atom. The molecule has 0 saturated carbocycles. The Labute approximate surface area is 192 Å². The van der Waals surface area contributed by atoms with Crippen LogP contribution in [0.3, 0.4) is 0 Å². The highest BCUT2D eigenvalue weighted by Crippen LogP contribution is 2.13. The fraction of sp³-hybridized carbons (Fsp3) is 0.478. The molecule has 0 amide bonds. The molecule has 0 radical (unpaired) electrons. The Morgan fingerprint density at radius 1 is 1.07 bits per heavy atom. The lowest BCUT2D eigenvalue weighted by Gasteiger charge is -2.14. The lowest BCUT2D eigenvalue weighted by Crippen LogP contribution is -2.38. The Balaban J connectivity index is 0.00000300. The van der Waals surface area contributed by atoms with E-state index in [2.05, 4.69) is 64.7 Å². The molecule has 0 spiro atoms. The van der Waals surface area contributed by atoms with Gasteiger partial charge in [0.05, 0.1) is 6.54 Å². The summed E-state index contributed by atoms with van der Waals surface area (Å²) in [7, 11) is 0. The fourth-order valence-electron chi connectivity index (χ4n) is 3.56. The average molecular weight is 507 g/mol. The number of rotatable bonds is 8. The van der Waals surface area contributed by atoms with E-state index < -0.39 is 0 Å². The topological polar surface area (TPSA) is 52.6 Å². The number of hydrogen-bond donors (Lipinski definition) is 2. The Morgan fingerprint density at radius 2 is 1.79 bits per heavy atom. The number of aliphatic imine (C=N–C) groups is 1. The summed E-state index contributed by atoms with van der Waals surface area (Å²) in [4.78, 5) is 11.4. The van der Waals surface area contributed by atoms with Crippen molar-refractivity contribution in [2.45, 2.75) is 46.2 Å². The molecule has 0 atom stereocenters. The van der Waals surface area contributed by atoms with E-state index >= 15 is 0 Å². The molecule has 1 aliphatic heterocycles. The van der Waals surface area contributed by atoms with Gasteiger partial charge in [-0.3, -0.25) is 9.88 Å². The number of hydrogen-bond acceptors (Lipinski definition) is 3. The quantitative estimate of drug-likeness (QED) is 0.324. The normalized spacial score (nSPS) is 14.5. The molecule has 1 aromatic carbocycles. The van der Waals surface area contributed by atoms with Crippen molar-refractivity contribution in [2.75, 3.05) is 26.2 Å². The van der Waals surface area contributed by atoms with Crippen LogP contribution in [0.15, 0.2) is 47.7 Å². The molecule has 1 aliphatic rings. The summed E-state index contributed by atoms with van der Waals surface area (Å²) in [6.07, 6.45) is 7.42. The van der Waals surface area contributed by atoms with E-state index in [9.17, 15) is 0 Å². The van der Waals surface area contributed by atoms with Gasteiger partial charge in [-0.25, -0.2) is 4.99 Å². The molecule has 3 rings (SSSR count). The summed E-state index contributed by atoms with van der Waals surface area (Å²) in [5.74, 6) is 0.871. The van der Waals surface area contributed by atoms with Gasteiger partial charge < -0.3 is 10.6 Å². The molecule has 5 nitrogen and oxygen atoms in total. The van der Waals surface area contributed by atoms with Gasteiger partial charge in [-0.2, -0.15) is 0 Å². The lowest BCUT2D eigenvalue weighted by molar-refractivity contribution is 0.331. The number of aryl methyl sites for hydroxylation is 1. The number of nitrogens with one attached hydrogen (secondary N) is 2. The van der Waals surface area contributed by atoms with Crippen LogP contribution in [-0.4, -0.2) is 42.0 Å². The minimum atomic E-state index is 0. The highest BCUT2D eigenvalue weighted by atomic mass is 127. The van der Waals surface area contributed by atoms with Crippen molar-refractivity contribution in [3.8, 4) is 0 Å². The van der Waals surface area contributed by atoms with E-state index in [1.54, 1.807) is 0 Å². The Bertz CT molecular complexity index is 754. The summed E-state index contributed by atoms with van der Waals surface area (Å²) in [5, 5.41) is 6.77. The minimum Gasteiger partial charge on any atom is -0.357 e. The number of nitrogens with zero attached hydrogens (tertiary/aromatic N) is 3. The van der Waals surface area contributed by atoms with Gasteiger partial charge in [-0.05, 0) is 74.5 Å². The first-order chi connectivity index (χ1) is 13.7. The first-order valence-corrected chi connectivity index (χ1v) is 10.5. The van der Waals surface area contributed by atoms with E-state index in [-0.39, 0.29) is 24.0 Å². The van der Waals surface area contributed by atoms with E-state index in [0.717, 1.165) is 32.0 Å². The van der Waals surface area contributed by atoms with Gasteiger partial charge in [-0.1, -0.05) is 24.3 Å². The zero-order valence-corrected chi connectivity index (χ0v) is 20.0. The van der Waals surface area contributed by atoms with Crippen LogP contribution in [0, 0.1) is 6.92 Å². The van der Waals surface area contributed by atoms with Crippen LogP contribution in [0.1, 0.15) is 42.0 Å². The van der Waals surface area contributed by atoms with Crippen molar-refractivity contribution in [2.24, 2.45) is 4.99 Å². The average Bonchev–Trinajstić information content (AvgIpc) is 3.22. The monoisotopic (exact) mass is 507 g/mol. The summed E-state index contributed by atoms with van der Waals surface area (Å²) < 4.78 is 0. The number of benzene rings is 1. The molecule has 158 valence electrons. The minimum absolute atomic E-state index is 0. The molecular weight excluding hydrogens is 473 g/mol. The van der Waals surface area contributed by atoms with Crippen molar-refractivity contribution < 1.29 is 0 Å². The van der Waals surface area contributed by atoms with Gasteiger partial charge >= 0.3 is 0 Å². The maximum atomic E-state index is 4.74. The van der Waals surface area contributed by atoms with Crippen LogP contribution >= 0.6 is 24.0 Å². The van der Waals surface area contributed by atoms with Crippen LogP contribution < -0.4 is 10.6 Å². The highest BCUT2D eigenvalue weighted by Gasteiger charge is 2.11. The van der Waals surface area contributed by atoms with Crippen LogP contribution in [-0.2, 0) is 19.5 Å². The van der Waals surface area contributed by atoms with Gasteiger partial charge in [0.2, 0.25) is 0 Å². The van der Waals surface area contributed by atoms with Crippen LogP contribution in [0.25, 0.3) is 0 Å². The third-order valence-corrected chi connectivity index (χ3v) is 5.22. The first-order valence-electron chi connectivity index (χ1n) is 10.5. The molecule has 6 heteroatoms. The van der Waals surface area contributed by atoms with Gasteiger partial charge in [0.1, 0.15) is 0 Å². The second kappa shape index (κ2) is 12.8. The summed E-state index contributed by atoms with van der Waals surface area (Å²) in [6, 6.07) is 11.0. The number of halogens is 1. The molecule has 2 heterocycles. The van der Waals surface area contributed by atoms with Gasteiger partial charge in [0.25, 0.3) is 0 Å². The molecule has 0 unspecified atom stereocenters. The van der Waals surface area contributed by atoms with Crippen LogP contribution in [0.2, 0.25) is 0 Å². The predicted octanol–water partition coefficient (Wildman–Crippen LogP) is 3.90. The number of aromatic nitrogens is 1. The van der Waals surface area contributed by atoms with Crippen molar-refractivity contribution in [1.82, 2.24) is 20.5 Å². The number of likely N-dealkylation sites (tertiary alicyclic amines) is 1. The SMILES string of the molecule is CCNC(=NCc1ccc(CN2CCCC2)cc1)NCCc1ccncc1C.I. The smallest absolute Gasteiger partial charge is 0.191 e. The Kier molecular flexibility index (Phi) is 10.4. The lowest BCUT2D eigenvalue weighted by atomic mass is 10.1. The number of guanidine groups is 1. The first kappa shape index (κ1) is 23.6. The van der Waals surface area contributed by atoms with Crippen molar-refractivity contribution in [3.63, 3.8) is 0 Å². The Hall–Kier alpha value is -1.67. The molecule has 1 saturated heterocycles. The molecular formula is C23H34IN5. The standard InChI is InChI=1S/C23H33N5.HI/c1-3-25-23(26-13-11-22-10-12-24-16-19(22)2)27-17-20-6-8-21(9-7-20)18-28-14-4-5-15-28;/h6-10,12,16H,3-5,11,13-15,17-18H2,1-2H3,(H2,25,26,27);1H. The second-order valence-corrected chi connectivity index (χ2v) is 7.47. The van der Waals surface area contributed by atoms with Crippen molar-refractivity contribution >= 4 is 29.9 Å². The third-order valence-electron chi connectivity index (χ3n) is 5.22. The van der Waals surface area contributed by atoms with E-state index in [4.69, 9.17) is 4.99 Å². The van der Waals surface area contributed by atoms with Crippen molar-refractivity contribution in [1.29, 1.82) is 0 Å². The van der Waals surface area contributed by atoms with Gasteiger partial charge in [0.15, 0.2) is 5.96 Å². The summed E-state index contributed by atoms with van der Waals surface area (Å²) in [5.41, 5.74) is 5.20. The van der Waals surface area contributed by atoms with Crippen molar-refractivity contribution in [3.05, 3.63) is 65.0 Å². The largest absolute Gasteiger partial charge is 0.357 e. The fourth-order valence-corrected chi connectivity index (χ4v) is 3.56. The molecule has 0 bridgehead atoms. The van der Waals surface area contributed by atoms with E-state index in [1.165, 1.54) is 48.2 Å². The zero-order valence-electron chi connectivity index (χ0n) is 17.7. The second-order valence-electron chi connectivity index (χ2n) is 7.47. The summed E-state index contributed by atoms with van der Waals surface area (Å²) >= 11 is 0. The molecule has 2 N–H and O–H groups in total. The highest BCUT2D eigenvalue weighted by molar-refractivity contribution is 14.0. The molecule has 0 aliphatic carbocycles. The van der Waals surface area contributed by atoms with Crippen LogP contribution in [0.4, 0.5) is 0 Å². The predicted molar refractivity (Wildman–Crippen MR) is 132 cm³/mol. The zero-order chi connectivity index (χ0) is 19.6. The summed E-state index contributed by atoms with van der Waals surface area (Å²) in [6.45, 7) is 10.1. The molecule has 2 aromatic rings. The molecule has 1 aromatic heterocycles. The van der Waals surface area contributed by atoms with Gasteiger partial charge in [0, 0.05) is 32.0 Å². The third kappa shape index (κ3) is 7.93. The maximum Gasteiger partial charge on any atom is 0.191 e. The van der Waals surface area contributed by atoms with E-state index in [1.807, 2.05) is 12.4 Å². The van der Waals surface area contributed by atoms with Crippen LogP contribution in [0.5, 0.6) is 0 Å².